The fourth-order valence-corrected chi connectivity index (χ4v) is 2.83. The molecule has 0 spiro atoms. The monoisotopic (exact) mass is 328 g/mol. The number of amides is 1. The number of benzene rings is 2. The van der Waals surface area contributed by atoms with Crippen molar-refractivity contribution in [1.82, 2.24) is 5.48 Å². The van der Waals surface area contributed by atoms with E-state index in [-0.39, 0.29) is 6.10 Å². The molecule has 24 heavy (non-hydrogen) atoms. The Balaban J connectivity index is 1.89. The van der Waals surface area contributed by atoms with Crippen LogP contribution in [0.1, 0.15) is 22.8 Å². The van der Waals surface area contributed by atoms with Crippen molar-refractivity contribution in [3.8, 4) is 11.5 Å². The van der Waals surface area contributed by atoms with E-state index in [0.717, 1.165) is 22.7 Å². The van der Waals surface area contributed by atoms with Crippen molar-refractivity contribution >= 4 is 11.6 Å². The summed E-state index contributed by atoms with van der Waals surface area (Å²) in [6.07, 6.45) is 0.0493. The summed E-state index contributed by atoms with van der Waals surface area (Å²) in [7, 11) is 1.64. The van der Waals surface area contributed by atoms with Gasteiger partial charge in [0.2, 0.25) is 0 Å². The predicted octanol–water partition coefficient (Wildman–Crippen LogP) is 2.60. The molecule has 1 aliphatic heterocycles. The van der Waals surface area contributed by atoms with Crippen LogP contribution >= 0.6 is 0 Å². The van der Waals surface area contributed by atoms with Crippen LogP contribution in [0.4, 0.5) is 5.69 Å². The van der Waals surface area contributed by atoms with Gasteiger partial charge in [0, 0.05) is 12.1 Å². The Bertz CT molecular complexity index is 730. The molecule has 3 rings (SSSR count). The van der Waals surface area contributed by atoms with Crippen LogP contribution in [0.25, 0.3) is 0 Å². The van der Waals surface area contributed by atoms with Crippen LogP contribution in [0.2, 0.25) is 0 Å². The van der Waals surface area contributed by atoms with Gasteiger partial charge in [-0.05, 0) is 42.8 Å². The number of carbonyl (C=O) groups is 1. The normalized spacial score (nSPS) is 16.1. The molecule has 2 N–H and O–H groups in total. The molecule has 0 fully saturated rings. The maximum absolute atomic E-state index is 11.7. The summed E-state index contributed by atoms with van der Waals surface area (Å²) >= 11 is 0. The van der Waals surface area contributed by atoms with Gasteiger partial charge in [-0.3, -0.25) is 10.0 Å². The lowest BCUT2D eigenvalue weighted by atomic mass is 10.1. The van der Waals surface area contributed by atoms with Gasteiger partial charge in [-0.25, -0.2) is 5.48 Å². The quantitative estimate of drug-likeness (QED) is 0.667. The molecule has 0 saturated carbocycles. The van der Waals surface area contributed by atoms with E-state index >= 15 is 0 Å². The third-order valence-corrected chi connectivity index (χ3v) is 4.00. The van der Waals surface area contributed by atoms with Gasteiger partial charge >= 0.3 is 0 Å². The molecule has 1 aliphatic rings. The lowest BCUT2D eigenvalue weighted by Crippen LogP contribution is -2.38. The maximum atomic E-state index is 11.7. The molecule has 2 aromatic rings. The summed E-state index contributed by atoms with van der Waals surface area (Å²) in [6, 6.07) is 13.0. The molecule has 0 bridgehead atoms. The lowest BCUT2D eigenvalue weighted by molar-refractivity contribution is 0.0706. The molecule has 2 aromatic carbocycles. The molecule has 1 amide bonds. The number of nitrogens with zero attached hydrogens (tertiary/aromatic N) is 1. The van der Waals surface area contributed by atoms with E-state index in [4.69, 9.17) is 14.7 Å². The van der Waals surface area contributed by atoms with Gasteiger partial charge in [0.25, 0.3) is 5.91 Å². The third-order valence-electron chi connectivity index (χ3n) is 4.00. The van der Waals surface area contributed by atoms with Crippen LogP contribution in [0, 0.1) is 0 Å². The molecule has 0 saturated heterocycles. The molecule has 6 heteroatoms. The van der Waals surface area contributed by atoms with E-state index in [1.165, 1.54) is 0 Å². The minimum Gasteiger partial charge on any atom is -0.497 e. The van der Waals surface area contributed by atoms with Crippen LogP contribution in [-0.2, 0) is 6.54 Å². The predicted molar refractivity (Wildman–Crippen MR) is 89.8 cm³/mol. The summed E-state index contributed by atoms with van der Waals surface area (Å²) in [6.45, 7) is 3.41. The number of hydrogen-bond acceptors (Lipinski definition) is 5. The largest absolute Gasteiger partial charge is 0.497 e. The molecule has 1 atom stereocenters. The van der Waals surface area contributed by atoms with Crippen LogP contribution < -0.4 is 19.9 Å². The van der Waals surface area contributed by atoms with Crippen molar-refractivity contribution in [2.75, 3.05) is 18.6 Å². The standard InChI is InChI=1S/C18H20N2O4/c1-12-10-20(11-13-3-6-15(23-2)7-4-13)16-9-14(18(21)19-22)5-8-17(16)24-12/h3-9,12,22H,10-11H2,1-2H3,(H,19,21). The number of carbonyl (C=O) groups excluding carboxylic acids is 1. The molecule has 1 unspecified atom stereocenters. The highest BCUT2D eigenvalue weighted by Crippen LogP contribution is 2.35. The Hall–Kier alpha value is -2.73. The van der Waals surface area contributed by atoms with Crippen LogP contribution in [0.15, 0.2) is 42.5 Å². The summed E-state index contributed by atoms with van der Waals surface area (Å²) in [5.74, 6) is 1.01. The second-order valence-corrected chi connectivity index (χ2v) is 5.78. The van der Waals surface area contributed by atoms with Gasteiger partial charge < -0.3 is 14.4 Å². The van der Waals surface area contributed by atoms with Gasteiger partial charge in [0.15, 0.2) is 0 Å². The molecule has 0 radical (unpaired) electrons. The van der Waals surface area contributed by atoms with Gasteiger partial charge in [0.1, 0.15) is 17.6 Å². The van der Waals surface area contributed by atoms with Crippen molar-refractivity contribution in [1.29, 1.82) is 0 Å². The molecule has 6 nitrogen and oxygen atoms in total. The minimum atomic E-state index is -0.541. The first-order valence-corrected chi connectivity index (χ1v) is 7.73. The van der Waals surface area contributed by atoms with Gasteiger partial charge in [-0.2, -0.15) is 0 Å². The average molecular weight is 328 g/mol. The molecular formula is C18H20N2O4. The van der Waals surface area contributed by atoms with E-state index in [1.54, 1.807) is 30.8 Å². The summed E-state index contributed by atoms with van der Waals surface area (Å²) in [5, 5.41) is 8.83. The maximum Gasteiger partial charge on any atom is 0.274 e. The summed E-state index contributed by atoms with van der Waals surface area (Å²) in [5.41, 5.74) is 4.02. The first kappa shape index (κ1) is 16.1. The van der Waals surface area contributed by atoms with Gasteiger partial charge in [-0.1, -0.05) is 12.1 Å². The number of hydroxylamine groups is 1. The SMILES string of the molecule is COc1ccc(CN2CC(C)Oc3ccc(C(=O)NO)cc32)cc1. The van der Waals surface area contributed by atoms with Crippen LogP contribution in [0.5, 0.6) is 11.5 Å². The highest BCUT2D eigenvalue weighted by atomic mass is 16.5. The van der Waals surface area contributed by atoms with Crippen molar-refractivity contribution in [3.05, 3.63) is 53.6 Å². The smallest absolute Gasteiger partial charge is 0.274 e. The fraction of sp³-hybridized carbons (Fsp3) is 0.278. The van der Waals surface area contributed by atoms with Crippen molar-refractivity contribution < 1.29 is 19.5 Å². The number of nitrogens with one attached hydrogen (secondary N) is 1. The number of anilines is 1. The van der Waals surface area contributed by atoms with Gasteiger partial charge in [0.05, 0.1) is 19.3 Å². The third kappa shape index (κ3) is 3.28. The minimum absolute atomic E-state index is 0.0493. The number of ether oxygens (including phenoxy) is 2. The molecule has 0 aliphatic carbocycles. The first-order chi connectivity index (χ1) is 11.6. The second-order valence-electron chi connectivity index (χ2n) is 5.78. The van der Waals surface area contributed by atoms with Crippen LogP contribution in [-0.4, -0.2) is 30.9 Å². The number of hydrogen-bond donors (Lipinski definition) is 2. The Morgan fingerprint density at radius 2 is 2.08 bits per heavy atom. The molecule has 0 aromatic heterocycles. The first-order valence-electron chi connectivity index (χ1n) is 7.73. The summed E-state index contributed by atoms with van der Waals surface area (Å²) in [4.78, 5) is 13.8. The topological polar surface area (TPSA) is 71.0 Å². The zero-order valence-corrected chi connectivity index (χ0v) is 13.7. The number of rotatable bonds is 4. The van der Waals surface area contributed by atoms with E-state index in [9.17, 15) is 4.79 Å². The zero-order chi connectivity index (χ0) is 17.1. The molecule has 1 heterocycles. The van der Waals surface area contributed by atoms with Crippen molar-refractivity contribution in [2.24, 2.45) is 0 Å². The van der Waals surface area contributed by atoms with Crippen molar-refractivity contribution in [2.45, 2.75) is 19.6 Å². The van der Waals surface area contributed by atoms with E-state index in [1.807, 2.05) is 31.2 Å². The van der Waals surface area contributed by atoms with Crippen molar-refractivity contribution in [3.63, 3.8) is 0 Å². The Kier molecular flexibility index (Phi) is 4.57. The second kappa shape index (κ2) is 6.80. The highest BCUT2D eigenvalue weighted by molar-refractivity contribution is 5.95. The number of methoxy groups -OCH3 is 1. The number of fused-ring (bicyclic) bond motifs is 1. The summed E-state index contributed by atoms with van der Waals surface area (Å²) < 4.78 is 11.0. The average Bonchev–Trinajstić information content (AvgIpc) is 2.61. The lowest BCUT2D eigenvalue weighted by Gasteiger charge is -2.35. The molecule has 126 valence electrons. The Morgan fingerprint density at radius 3 is 2.75 bits per heavy atom. The van der Waals surface area contributed by atoms with Crippen LogP contribution in [0.3, 0.4) is 0 Å². The Morgan fingerprint density at radius 1 is 1.33 bits per heavy atom. The van der Waals surface area contributed by atoms with E-state index in [2.05, 4.69) is 4.90 Å². The van der Waals surface area contributed by atoms with E-state index < -0.39 is 5.91 Å². The highest BCUT2D eigenvalue weighted by Gasteiger charge is 2.24. The Labute approximate surface area is 140 Å². The molecular weight excluding hydrogens is 308 g/mol. The zero-order valence-electron chi connectivity index (χ0n) is 13.7. The fourth-order valence-electron chi connectivity index (χ4n) is 2.83. The van der Waals surface area contributed by atoms with E-state index in [0.29, 0.717) is 18.7 Å². The van der Waals surface area contributed by atoms with Gasteiger partial charge in [-0.15, -0.1) is 0 Å².